The minimum Gasteiger partial charge on any atom is -0.437 e. The molecule has 2 N–H and O–H groups in total. The highest BCUT2D eigenvalue weighted by Gasteiger charge is 2.45. The molecule has 0 aromatic heterocycles. The Kier molecular flexibility index (Phi) is 3.10. The number of esters is 1. The van der Waals surface area contributed by atoms with Crippen molar-refractivity contribution in [2.75, 3.05) is 0 Å². The highest BCUT2D eigenvalue weighted by molar-refractivity contribution is 5.91. The summed E-state index contributed by atoms with van der Waals surface area (Å²) in [4.78, 5) is 22.8. The van der Waals surface area contributed by atoms with E-state index < -0.39 is 24.2 Å². The van der Waals surface area contributed by atoms with Crippen molar-refractivity contribution in [1.29, 1.82) is 0 Å². The van der Waals surface area contributed by atoms with Crippen molar-refractivity contribution in [3.8, 4) is 0 Å². The van der Waals surface area contributed by atoms with Gasteiger partial charge in [0.1, 0.15) is 5.92 Å². The standard InChI is InChI=1S/C12H13NO4/c1-7(14)9-10(15)13-11(9)17-12(16)8-5-3-2-4-6-8/h2-7,9,11,14H,1H3,(H,13,15)/t7-,9-,11+/m1/s1. The summed E-state index contributed by atoms with van der Waals surface area (Å²) < 4.78 is 5.09. The van der Waals surface area contributed by atoms with Gasteiger partial charge in [-0.15, -0.1) is 0 Å². The molecule has 5 heteroatoms. The van der Waals surface area contributed by atoms with Crippen molar-refractivity contribution < 1.29 is 19.4 Å². The molecule has 1 heterocycles. The summed E-state index contributed by atoms with van der Waals surface area (Å²) in [5.74, 6) is -1.49. The molecule has 1 fully saturated rings. The Labute approximate surface area is 98.4 Å². The van der Waals surface area contributed by atoms with Gasteiger partial charge in [-0.1, -0.05) is 18.2 Å². The topological polar surface area (TPSA) is 75.6 Å². The summed E-state index contributed by atoms with van der Waals surface area (Å²) >= 11 is 0. The van der Waals surface area contributed by atoms with Crippen LogP contribution in [0.2, 0.25) is 0 Å². The Morgan fingerprint density at radius 2 is 2.06 bits per heavy atom. The molecule has 1 aromatic rings. The molecule has 1 amide bonds. The Balaban J connectivity index is 1.99. The van der Waals surface area contributed by atoms with Gasteiger partial charge in [0, 0.05) is 0 Å². The van der Waals surface area contributed by atoms with Gasteiger partial charge < -0.3 is 15.2 Å². The molecule has 0 unspecified atom stereocenters. The zero-order chi connectivity index (χ0) is 12.4. The number of carbonyl (C=O) groups excluding carboxylic acids is 2. The van der Waals surface area contributed by atoms with E-state index in [-0.39, 0.29) is 5.91 Å². The van der Waals surface area contributed by atoms with Gasteiger partial charge in [0.15, 0.2) is 6.23 Å². The fourth-order valence-corrected chi connectivity index (χ4v) is 1.70. The van der Waals surface area contributed by atoms with Crippen LogP contribution in [-0.4, -0.2) is 29.3 Å². The largest absolute Gasteiger partial charge is 0.437 e. The molecule has 3 atom stereocenters. The van der Waals surface area contributed by atoms with Crippen molar-refractivity contribution in [2.45, 2.75) is 19.3 Å². The average molecular weight is 235 g/mol. The van der Waals surface area contributed by atoms with Crippen LogP contribution in [0, 0.1) is 5.92 Å². The third-order valence-corrected chi connectivity index (χ3v) is 2.68. The van der Waals surface area contributed by atoms with Gasteiger partial charge in [-0.25, -0.2) is 4.79 Å². The number of hydrogen-bond donors (Lipinski definition) is 2. The van der Waals surface area contributed by atoms with Crippen LogP contribution in [-0.2, 0) is 9.53 Å². The first kappa shape index (κ1) is 11.6. The van der Waals surface area contributed by atoms with Crippen LogP contribution < -0.4 is 5.32 Å². The van der Waals surface area contributed by atoms with Crippen LogP contribution in [0.15, 0.2) is 30.3 Å². The van der Waals surface area contributed by atoms with Gasteiger partial charge in [-0.05, 0) is 19.1 Å². The van der Waals surface area contributed by atoms with Crippen LogP contribution >= 0.6 is 0 Å². The molecule has 0 spiro atoms. The molecule has 1 aliphatic heterocycles. The summed E-state index contributed by atoms with van der Waals surface area (Å²) in [5, 5.41) is 11.8. The summed E-state index contributed by atoms with van der Waals surface area (Å²) in [5.41, 5.74) is 0.415. The van der Waals surface area contributed by atoms with Crippen LogP contribution in [0.25, 0.3) is 0 Å². The Hall–Kier alpha value is -1.88. The maximum absolute atomic E-state index is 11.7. The van der Waals surface area contributed by atoms with Gasteiger partial charge >= 0.3 is 5.97 Å². The van der Waals surface area contributed by atoms with Gasteiger partial charge in [0.2, 0.25) is 5.91 Å². The fourth-order valence-electron chi connectivity index (χ4n) is 1.70. The number of aliphatic hydroxyl groups excluding tert-OH is 1. The van der Waals surface area contributed by atoms with Gasteiger partial charge in [0.05, 0.1) is 11.7 Å². The predicted octanol–water partition coefficient (Wildman–Crippen LogP) is 0.296. The first-order valence-electron chi connectivity index (χ1n) is 5.34. The minimum absolute atomic E-state index is 0.300. The SMILES string of the molecule is C[C@@H](O)[C@@H]1C(=O)N[C@H]1OC(=O)c1ccccc1. The molecule has 1 aromatic carbocycles. The van der Waals surface area contributed by atoms with E-state index in [4.69, 9.17) is 4.74 Å². The quantitative estimate of drug-likeness (QED) is 0.583. The molecule has 1 saturated heterocycles. The van der Waals surface area contributed by atoms with E-state index in [1.165, 1.54) is 6.92 Å². The molecule has 0 bridgehead atoms. The van der Waals surface area contributed by atoms with Crippen molar-refractivity contribution in [3.63, 3.8) is 0 Å². The zero-order valence-corrected chi connectivity index (χ0v) is 9.29. The number of carbonyl (C=O) groups is 2. The monoisotopic (exact) mass is 235 g/mol. The second-order valence-corrected chi connectivity index (χ2v) is 3.97. The minimum atomic E-state index is -0.836. The second-order valence-electron chi connectivity index (χ2n) is 3.97. The Morgan fingerprint density at radius 1 is 1.41 bits per heavy atom. The molecule has 17 heavy (non-hydrogen) atoms. The third-order valence-electron chi connectivity index (χ3n) is 2.68. The molecule has 5 nitrogen and oxygen atoms in total. The van der Waals surface area contributed by atoms with Crippen LogP contribution in [0.3, 0.4) is 0 Å². The third kappa shape index (κ3) is 2.29. The van der Waals surface area contributed by atoms with E-state index in [0.717, 1.165) is 0 Å². The molecular weight excluding hydrogens is 222 g/mol. The van der Waals surface area contributed by atoms with Crippen molar-refractivity contribution in [2.24, 2.45) is 5.92 Å². The van der Waals surface area contributed by atoms with Gasteiger partial charge in [-0.3, -0.25) is 4.79 Å². The normalized spacial score (nSPS) is 24.5. The van der Waals surface area contributed by atoms with E-state index in [1.54, 1.807) is 30.3 Å². The fraction of sp³-hybridized carbons (Fsp3) is 0.333. The smallest absolute Gasteiger partial charge is 0.340 e. The number of nitrogens with one attached hydrogen (secondary N) is 1. The molecule has 1 aliphatic rings. The molecule has 0 radical (unpaired) electrons. The zero-order valence-electron chi connectivity index (χ0n) is 9.29. The van der Waals surface area contributed by atoms with E-state index in [1.807, 2.05) is 0 Å². The lowest BCUT2D eigenvalue weighted by molar-refractivity contribution is -0.155. The lowest BCUT2D eigenvalue weighted by atomic mass is 9.93. The van der Waals surface area contributed by atoms with Crippen LogP contribution in [0.4, 0.5) is 0 Å². The second kappa shape index (κ2) is 4.55. The number of benzene rings is 1. The van der Waals surface area contributed by atoms with Crippen LogP contribution in [0.1, 0.15) is 17.3 Å². The lowest BCUT2D eigenvalue weighted by Crippen LogP contribution is -2.63. The van der Waals surface area contributed by atoms with Crippen molar-refractivity contribution >= 4 is 11.9 Å². The number of β-lactam (4-membered cyclic amide) rings is 1. The van der Waals surface area contributed by atoms with Gasteiger partial charge in [0.25, 0.3) is 0 Å². The summed E-state index contributed by atoms with van der Waals surface area (Å²) in [7, 11) is 0. The number of aliphatic hydroxyl groups is 1. The predicted molar refractivity (Wildman–Crippen MR) is 59.0 cm³/mol. The molecule has 0 saturated carbocycles. The lowest BCUT2D eigenvalue weighted by Gasteiger charge is -2.37. The van der Waals surface area contributed by atoms with E-state index in [9.17, 15) is 14.7 Å². The van der Waals surface area contributed by atoms with Crippen LogP contribution in [0.5, 0.6) is 0 Å². The summed E-state index contributed by atoms with van der Waals surface area (Å²) in [6, 6.07) is 8.49. The number of hydrogen-bond acceptors (Lipinski definition) is 4. The average Bonchev–Trinajstić information content (AvgIpc) is 2.28. The van der Waals surface area contributed by atoms with Crippen molar-refractivity contribution in [1.82, 2.24) is 5.32 Å². The molecule has 2 rings (SSSR count). The molecular formula is C12H13NO4. The highest BCUT2D eigenvalue weighted by atomic mass is 16.6. The van der Waals surface area contributed by atoms with E-state index in [2.05, 4.69) is 5.32 Å². The summed E-state index contributed by atoms with van der Waals surface area (Å²) in [6.07, 6.45) is -1.58. The molecule has 90 valence electrons. The number of rotatable bonds is 3. The first-order valence-corrected chi connectivity index (χ1v) is 5.34. The Bertz CT molecular complexity index is 429. The highest BCUT2D eigenvalue weighted by Crippen LogP contribution is 2.21. The van der Waals surface area contributed by atoms with Crippen molar-refractivity contribution in [3.05, 3.63) is 35.9 Å². The van der Waals surface area contributed by atoms with E-state index >= 15 is 0 Å². The first-order chi connectivity index (χ1) is 8.09. The molecule has 0 aliphatic carbocycles. The van der Waals surface area contributed by atoms with Gasteiger partial charge in [-0.2, -0.15) is 0 Å². The Morgan fingerprint density at radius 3 is 2.59 bits per heavy atom. The number of amides is 1. The van der Waals surface area contributed by atoms with E-state index in [0.29, 0.717) is 5.56 Å². The number of ether oxygens (including phenoxy) is 1. The maximum Gasteiger partial charge on any atom is 0.340 e. The maximum atomic E-state index is 11.7. The summed E-state index contributed by atoms with van der Waals surface area (Å²) in [6.45, 7) is 1.49.